The number of nitrogens with zero attached hydrogens (tertiary/aromatic N) is 1. The largest absolute Gasteiger partial charge is 0.497 e. The zero-order valence-electron chi connectivity index (χ0n) is 23.5. The summed E-state index contributed by atoms with van der Waals surface area (Å²) < 4.78 is 13.8. The summed E-state index contributed by atoms with van der Waals surface area (Å²) in [5.74, 6) is 2.84. The molecular weight excluding hydrogens is 478 g/mol. The second-order valence-corrected chi connectivity index (χ2v) is 12.7. The molecule has 4 aromatic carbocycles. The zero-order valence-corrected chi connectivity index (χ0v) is 23.5. The normalized spacial score (nSPS) is 32.9. The Morgan fingerprint density at radius 2 is 1.54 bits per heavy atom. The van der Waals surface area contributed by atoms with Gasteiger partial charge in [-0.15, -0.1) is 0 Å². The minimum Gasteiger partial charge on any atom is -0.497 e. The molecule has 2 heterocycles. The number of benzene rings is 4. The van der Waals surface area contributed by atoms with Crippen molar-refractivity contribution in [2.24, 2.45) is 17.8 Å². The number of methoxy groups -OCH3 is 1. The van der Waals surface area contributed by atoms with Gasteiger partial charge in [-0.05, 0) is 59.9 Å². The topological polar surface area (TPSA) is 18.5 Å². The number of hydrogen-bond acceptors (Lipinski definition) is 2. The molecule has 1 aliphatic carbocycles. The van der Waals surface area contributed by atoms with Crippen molar-refractivity contribution in [2.45, 2.75) is 51.0 Å². The highest BCUT2D eigenvalue weighted by molar-refractivity contribution is 5.82. The molecule has 6 atom stereocenters. The van der Waals surface area contributed by atoms with E-state index in [1.807, 2.05) is 12.1 Å². The highest BCUT2D eigenvalue weighted by atomic mass is 16.5. The fraction of sp³-hybridized carbons (Fsp3) is 0.389. The van der Waals surface area contributed by atoms with E-state index in [0.29, 0.717) is 12.5 Å². The van der Waals surface area contributed by atoms with Crippen LogP contribution in [-0.2, 0) is 23.5 Å². The lowest BCUT2D eigenvalue weighted by atomic mass is 9.73. The van der Waals surface area contributed by atoms with Gasteiger partial charge in [0.1, 0.15) is 24.4 Å². The van der Waals surface area contributed by atoms with Gasteiger partial charge in [0.05, 0.1) is 26.2 Å². The Labute approximate surface area is 233 Å². The van der Waals surface area contributed by atoms with Gasteiger partial charge in [0, 0.05) is 17.4 Å². The van der Waals surface area contributed by atoms with E-state index < -0.39 is 0 Å². The number of rotatable bonds is 7. The van der Waals surface area contributed by atoms with Crippen molar-refractivity contribution in [3.8, 4) is 5.75 Å². The standard InChI is InChI=1S/C36H40NO2/c1-26-22-37(23-28-13-16-29-9-7-8-10-30(29)21-28)25-36(31-11-5-4-6-12-31,34-20-19-33(26)35(34,37)2)39-24-27-14-17-32(38-3)18-15-27/h4-18,21,26,33-34H,19-20,22-25H2,1-3H3/q+1/t26-,33+,34+,35-,36+,37-/m1/s1. The molecule has 0 N–H and O–H groups in total. The molecule has 39 heavy (non-hydrogen) atoms. The predicted octanol–water partition coefficient (Wildman–Crippen LogP) is 7.73. The quantitative estimate of drug-likeness (QED) is 0.233. The highest BCUT2D eigenvalue weighted by Crippen LogP contribution is 2.68. The van der Waals surface area contributed by atoms with Gasteiger partial charge < -0.3 is 14.0 Å². The molecule has 200 valence electrons. The van der Waals surface area contributed by atoms with Crippen molar-refractivity contribution in [3.05, 3.63) is 114 Å². The summed E-state index contributed by atoms with van der Waals surface area (Å²) in [6, 6.07) is 35.5. The van der Waals surface area contributed by atoms with E-state index >= 15 is 0 Å². The van der Waals surface area contributed by atoms with E-state index in [9.17, 15) is 0 Å². The van der Waals surface area contributed by atoms with Crippen molar-refractivity contribution in [1.82, 2.24) is 0 Å². The van der Waals surface area contributed by atoms with E-state index in [1.165, 1.54) is 46.8 Å². The van der Waals surface area contributed by atoms with Gasteiger partial charge in [-0.1, -0.05) is 85.8 Å². The van der Waals surface area contributed by atoms with Crippen LogP contribution in [0.25, 0.3) is 10.8 Å². The third-order valence-corrected chi connectivity index (χ3v) is 10.9. The van der Waals surface area contributed by atoms with Gasteiger partial charge in [0.25, 0.3) is 0 Å². The van der Waals surface area contributed by atoms with Gasteiger partial charge >= 0.3 is 0 Å². The summed E-state index contributed by atoms with van der Waals surface area (Å²) in [7, 11) is 1.72. The second kappa shape index (κ2) is 9.21. The van der Waals surface area contributed by atoms with Crippen molar-refractivity contribution in [3.63, 3.8) is 0 Å². The van der Waals surface area contributed by atoms with Gasteiger partial charge in [0.2, 0.25) is 0 Å². The number of fused-ring (bicyclic) bond motifs is 1. The summed E-state index contributed by atoms with van der Waals surface area (Å²) in [6.07, 6.45) is 2.54. The third-order valence-electron chi connectivity index (χ3n) is 10.9. The van der Waals surface area contributed by atoms with Crippen LogP contribution in [0.15, 0.2) is 97.1 Å². The van der Waals surface area contributed by atoms with Crippen LogP contribution in [0, 0.1) is 17.8 Å². The highest BCUT2D eigenvalue weighted by Gasteiger charge is 2.78. The average Bonchev–Trinajstić information content (AvgIpc) is 3.52. The van der Waals surface area contributed by atoms with Gasteiger partial charge in [-0.2, -0.15) is 0 Å². The number of hydrogen-bond donors (Lipinski definition) is 0. The Bertz CT molecular complexity index is 1480. The average molecular weight is 519 g/mol. The first-order valence-corrected chi connectivity index (χ1v) is 14.6. The maximum Gasteiger partial charge on any atom is 0.151 e. The molecule has 3 aliphatic rings. The molecule has 0 aromatic heterocycles. The van der Waals surface area contributed by atoms with Crippen LogP contribution in [0.1, 0.15) is 43.4 Å². The monoisotopic (exact) mass is 518 g/mol. The molecule has 0 radical (unpaired) electrons. The zero-order chi connectivity index (χ0) is 26.7. The molecule has 0 amide bonds. The lowest BCUT2D eigenvalue weighted by Gasteiger charge is -2.43. The maximum absolute atomic E-state index is 7.28. The molecule has 7 rings (SSSR count). The molecule has 0 unspecified atom stereocenters. The molecule has 0 spiro atoms. The molecule has 1 saturated carbocycles. The van der Waals surface area contributed by atoms with Gasteiger partial charge in [-0.25, -0.2) is 0 Å². The van der Waals surface area contributed by atoms with Crippen LogP contribution in [0.5, 0.6) is 5.75 Å². The molecular formula is C36H40NO2+. The Morgan fingerprint density at radius 3 is 2.31 bits per heavy atom. The summed E-state index contributed by atoms with van der Waals surface area (Å²) in [4.78, 5) is 0. The third kappa shape index (κ3) is 3.70. The maximum atomic E-state index is 7.28. The van der Waals surface area contributed by atoms with Crippen LogP contribution in [0.2, 0.25) is 0 Å². The molecule has 3 heteroatoms. The molecule has 3 nitrogen and oxygen atoms in total. The number of quaternary nitrogens is 1. The van der Waals surface area contributed by atoms with E-state index in [2.05, 4.69) is 98.8 Å². The molecule has 2 aliphatic heterocycles. The molecule has 0 bridgehead atoms. The number of ether oxygens (including phenoxy) is 2. The first kappa shape index (κ1) is 24.9. The predicted molar refractivity (Wildman–Crippen MR) is 157 cm³/mol. The van der Waals surface area contributed by atoms with E-state index in [4.69, 9.17) is 9.47 Å². The first-order chi connectivity index (χ1) is 19.0. The van der Waals surface area contributed by atoms with E-state index in [-0.39, 0.29) is 11.1 Å². The van der Waals surface area contributed by atoms with Crippen LogP contribution >= 0.6 is 0 Å². The van der Waals surface area contributed by atoms with Crippen molar-refractivity contribution >= 4 is 10.8 Å². The van der Waals surface area contributed by atoms with Gasteiger partial charge in [-0.3, -0.25) is 0 Å². The van der Waals surface area contributed by atoms with Crippen LogP contribution in [0.4, 0.5) is 0 Å². The smallest absolute Gasteiger partial charge is 0.151 e. The Balaban J connectivity index is 1.31. The molecule has 2 saturated heterocycles. The van der Waals surface area contributed by atoms with Gasteiger partial charge in [0.15, 0.2) is 5.60 Å². The lowest BCUT2D eigenvalue weighted by Crippen LogP contribution is -2.57. The van der Waals surface area contributed by atoms with Crippen molar-refractivity contribution in [1.29, 1.82) is 0 Å². The van der Waals surface area contributed by atoms with E-state index in [0.717, 1.165) is 35.2 Å². The Morgan fingerprint density at radius 1 is 0.821 bits per heavy atom. The first-order valence-electron chi connectivity index (χ1n) is 14.6. The minimum atomic E-state index is -0.304. The van der Waals surface area contributed by atoms with Crippen LogP contribution in [0.3, 0.4) is 0 Å². The SMILES string of the molecule is COc1ccc(CO[C@]2(c3ccccc3)C[N@+]3(Cc4ccc5ccccc5c4)C[C@@H](C)[C@@H]4CC[C@H]2[C@@]43C)cc1. The fourth-order valence-electron chi connectivity index (χ4n) is 9.26. The summed E-state index contributed by atoms with van der Waals surface area (Å²) >= 11 is 0. The second-order valence-electron chi connectivity index (χ2n) is 12.7. The summed E-state index contributed by atoms with van der Waals surface area (Å²) in [5.41, 5.74) is 3.89. The van der Waals surface area contributed by atoms with Crippen LogP contribution in [-0.4, -0.2) is 30.2 Å². The molecule has 3 fully saturated rings. The van der Waals surface area contributed by atoms with Crippen LogP contribution < -0.4 is 4.74 Å². The van der Waals surface area contributed by atoms with Crippen molar-refractivity contribution < 1.29 is 14.0 Å². The Hall–Kier alpha value is -3.14. The Kier molecular flexibility index (Phi) is 5.88. The van der Waals surface area contributed by atoms with E-state index in [1.54, 1.807) is 7.11 Å². The summed E-state index contributed by atoms with van der Waals surface area (Å²) in [5, 5.41) is 2.66. The molecule has 4 aromatic rings. The lowest BCUT2D eigenvalue weighted by molar-refractivity contribution is -0.968. The fourth-order valence-corrected chi connectivity index (χ4v) is 9.26. The van der Waals surface area contributed by atoms with Crippen molar-refractivity contribution in [2.75, 3.05) is 20.2 Å². The minimum absolute atomic E-state index is 0.195. The summed E-state index contributed by atoms with van der Waals surface area (Å²) in [6.45, 7) is 9.08.